The maximum absolute atomic E-state index is 14.1. The van der Waals surface area contributed by atoms with Crippen molar-refractivity contribution in [3.05, 3.63) is 87.2 Å². The van der Waals surface area contributed by atoms with Crippen molar-refractivity contribution >= 4 is 35.0 Å². The first kappa shape index (κ1) is 22.2. The van der Waals surface area contributed by atoms with E-state index in [9.17, 15) is 9.18 Å². The van der Waals surface area contributed by atoms with E-state index >= 15 is 0 Å². The first-order chi connectivity index (χ1) is 15.4. The maximum Gasteiger partial charge on any atom is 0.511 e. The summed E-state index contributed by atoms with van der Waals surface area (Å²) >= 11 is 12.1. The number of fused-ring (bicyclic) bond motifs is 1. The highest BCUT2D eigenvalue weighted by molar-refractivity contribution is 6.30. The highest BCUT2D eigenvalue weighted by Gasteiger charge is 2.22. The Morgan fingerprint density at radius 2 is 1.81 bits per heavy atom. The van der Waals surface area contributed by atoms with Crippen LogP contribution in [0.1, 0.15) is 23.1 Å². The number of benzene rings is 3. The van der Waals surface area contributed by atoms with Gasteiger partial charge in [-0.15, -0.1) is 0 Å². The molecule has 3 aromatic rings. The number of carbonyl (C=O) groups is 1. The minimum absolute atomic E-state index is 0.0464. The van der Waals surface area contributed by atoms with Gasteiger partial charge in [-0.3, -0.25) is 0 Å². The second-order valence-corrected chi connectivity index (χ2v) is 8.30. The average Bonchev–Trinajstić information content (AvgIpc) is 2.74. The molecule has 1 aliphatic rings. The molecule has 32 heavy (non-hydrogen) atoms. The molecule has 0 saturated carbocycles. The van der Waals surface area contributed by atoms with Gasteiger partial charge in [-0.2, -0.15) is 0 Å². The van der Waals surface area contributed by atoms with Crippen LogP contribution in [0.3, 0.4) is 0 Å². The number of rotatable bonds is 6. The van der Waals surface area contributed by atoms with Crippen LogP contribution in [-0.2, 0) is 19.6 Å². The number of carboxylic acid groups (broad SMARTS) is 1. The van der Waals surface area contributed by atoms with E-state index in [1.807, 2.05) is 12.1 Å². The molecule has 3 aromatic carbocycles. The fraction of sp³-hybridized carbons (Fsp3) is 0.208. The van der Waals surface area contributed by atoms with Crippen molar-refractivity contribution in [2.75, 3.05) is 11.4 Å². The summed E-state index contributed by atoms with van der Waals surface area (Å²) in [6, 6.07) is 15.1. The molecule has 0 saturated heterocycles. The van der Waals surface area contributed by atoms with Crippen molar-refractivity contribution in [1.29, 1.82) is 0 Å². The van der Waals surface area contributed by atoms with Gasteiger partial charge in [0.1, 0.15) is 23.9 Å². The lowest BCUT2D eigenvalue weighted by Gasteiger charge is -2.32. The quantitative estimate of drug-likeness (QED) is 0.316. The standard InChI is InChI=1S/C24H20Cl2FNO4/c25-17-8-9-22(31-14-15-6-7-18(26)12-20(15)27)16(11-17)13-28-10-2-3-19-21(28)4-1-5-23(19)32-24(29)30/h1,4-9,11-12H,2-3,10,13-14H2,(H,29,30). The van der Waals surface area contributed by atoms with Gasteiger partial charge in [0.25, 0.3) is 0 Å². The molecule has 5 nitrogen and oxygen atoms in total. The van der Waals surface area contributed by atoms with Crippen LogP contribution in [0.15, 0.2) is 54.6 Å². The Kier molecular flexibility index (Phi) is 6.72. The molecule has 166 valence electrons. The lowest BCUT2D eigenvalue weighted by atomic mass is 9.99. The van der Waals surface area contributed by atoms with Crippen molar-refractivity contribution in [1.82, 2.24) is 0 Å². The second-order valence-electron chi connectivity index (χ2n) is 7.42. The highest BCUT2D eigenvalue weighted by atomic mass is 35.5. The average molecular weight is 476 g/mol. The summed E-state index contributed by atoms with van der Waals surface area (Å²) in [4.78, 5) is 13.2. The molecule has 8 heteroatoms. The molecule has 0 aliphatic carbocycles. The summed E-state index contributed by atoms with van der Waals surface area (Å²) in [5.74, 6) is 0.512. The molecule has 1 N–H and O–H groups in total. The molecule has 0 spiro atoms. The maximum atomic E-state index is 14.1. The fourth-order valence-electron chi connectivity index (χ4n) is 3.83. The van der Waals surface area contributed by atoms with Gasteiger partial charge in [0.2, 0.25) is 0 Å². The lowest BCUT2D eigenvalue weighted by Crippen LogP contribution is -2.29. The first-order valence-electron chi connectivity index (χ1n) is 10.0. The Balaban J connectivity index is 1.58. The van der Waals surface area contributed by atoms with Gasteiger partial charge in [-0.1, -0.05) is 35.3 Å². The predicted molar refractivity (Wildman–Crippen MR) is 122 cm³/mol. The Hall–Kier alpha value is -2.96. The third kappa shape index (κ3) is 5.09. The van der Waals surface area contributed by atoms with Gasteiger partial charge in [0, 0.05) is 45.5 Å². The van der Waals surface area contributed by atoms with E-state index in [1.165, 1.54) is 6.07 Å². The number of anilines is 1. The predicted octanol–water partition coefficient (Wildman–Crippen LogP) is 6.72. The van der Waals surface area contributed by atoms with Crippen molar-refractivity contribution < 1.29 is 23.8 Å². The van der Waals surface area contributed by atoms with Crippen LogP contribution in [0.2, 0.25) is 10.0 Å². The molecule has 0 atom stereocenters. The Labute approximate surface area is 194 Å². The van der Waals surface area contributed by atoms with E-state index < -0.39 is 12.0 Å². The minimum atomic E-state index is -1.34. The van der Waals surface area contributed by atoms with E-state index in [-0.39, 0.29) is 6.61 Å². The second kappa shape index (κ2) is 9.67. The van der Waals surface area contributed by atoms with E-state index in [2.05, 4.69) is 4.90 Å². The normalized spacial score (nSPS) is 12.9. The molecule has 0 radical (unpaired) electrons. The molecule has 4 rings (SSSR count). The number of halogens is 3. The van der Waals surface area contributed by atoms with Crippen molar-refractivity contribution in [2.45, 2.75) is 26.0 Å². The van der Waals surface area contributed by atoms with Crippen molar-refractivity contribution in [3.63, 3.8) is 0 Å². The topological polar surface area (TPSA) is 59.0 Å². The monoisotopic (exact) mass is 475 g/mol. The zero-order chi connectivity index (χ0) is 22.7. The van der Waals surface area contributed by atoms with Crippen LogP contribution in [0.5, 0.6) is 11.5 Å². The fourth-order valence-corrected chi connectivity index (χ4v) is 4.19. The number of nitrogens with zero attached hydrogens (tertiary/aromatic N) is 1. The van der Waals surface area contributed by atoms with Gasteiger partial charge >= 0.3 is 6.16 Å². The third-order valence-corrected chi connectivity index (χ3v) is 5.75. The van der Waals surface area contributed by atoms with Crippen LogP contribution in [0.4, 0.5) is 14.9 Å². The van der Waals surface area contributed by atoms with Crippen LogP contribution < -0.4 is 14.4 Å². The van der Waals surface area contributed by atoms with E-state index in [4.69, 9.17) is 37.8 Å². The molecular weight excluding hydrogens is 456 g/mol. The van der Waals surface area contributed by atoms with Crippen LogP contribution >= 0.6 is 23.2 Å². The number of hydrogen-bond donors (Lipinski definition) is 1. The van der Waals surface area contributed by atoms with Crippen LogP contribution in [-0.4, -0.2) is 17.8 Å². The molecular formula is C24H20Cl2FNO4. The van der Waals surface area contributed by atoms with Crippen LogP contribution in [0.25, 0.3) is 0 Å². The van der Waals surface area contributed by atoms with Gasteiger partial charge < -0.3 is 19.5 Å². The summed E-state index contributed by atoms with van der Waals surface area (Å²) in [5.41, 5.74) is 3.00. The summed E-state index contributed by atoms with van der Waals surface area (Å²) in [6.45, 7) is 1.31. The molecule has 0 fully saturated rings. The first-order valence-corrected chi connectivity index (χ1v) is 10.8. The zero-order valence-electron chi connectivity index (χ0n) is 17.0. The Morgan fingerprint density at radius 1 is 1.03 bits per heavy atom. The van der Waals surface area contributed by atoms with Crippen molar-refractivity contribution in [2.24, 2.45) is 0 Å². The van der Waals surface area contributed by atoms with Gasteiger partial charge in [0.05, 0.1) is 0 Å². The lowest BCUT2D eigenvalue weighted by molar-refractivity contribution is 0.144. The highest BCUT2D eigenvalue weighted by Crippen LogP contribution is 2.36. The summed E-state index contributed by atoms with van der Waals surface area (Å²) < 4.78 is 25.0. The number of ether oxygens (including phenoxy) is 2. The minimum Gasteiger partial charge on any atom is -0.488 e. The molecule has 0 unspecified atom stereocenters. The third-order valence-electron chi connectivity index (χ3n) is 5.28. The number of hydrogen-bond acceptors (Lipinski definition) is 4. The van der Waals surface area contributed by atoms with Crippen LogP contribution in [0, 0.1) is 5.82 Å². The molecule has 1 aliphatic heterocycles. The molecule has 0 bridgehead atoms. The summed E-state index contributed by atoms with van der Waals surface area (Å²) in [7, 11) is 0. The van der Waals surface area contributed by atoms with E-state index in [0.717, 1.165) is 36.2 Å². The summed E-state index contributed by atoms with van der Waals surface area (Å²) in [6.07, 6.45) is 0.236. The zero-order valence-corrected chi connectivity index (χ0v) is 18.5. The smallest absolute Gasteiger partial charge is 0.488 e. The molecule has 1 heterocycles. The van der Waals surface area contributed by atoms with E-state index in [1.54, 1.807) is 36.4 Å². The molecule has 0 amide bonds. The Bertz CT molecular complexity index is 1150. The summed E-state index contributed by atoms with van der Waals surface area (Å²) in [5, 5.41) is 9.91. The van der Waals surface area contributed by atoms with Gasteiger partial charge in [-0.05, 0) is 55.3 Å². The Morgan fingerprint density at radius 3 is 2.59 bits per heavy atom. The van der Waals surface area contributed by atoms with E-state index in [0.29, 0.717) is 33.7 Å². The molecule has 0 aromatic heterocycles. The largest absolute Gasteiger partial charge is 0.511 e. The van der Waals surface area contributed by atoms with Gasteiger partial charge in [-0.25, -0.2) is 9.18 Å². The van der Waals surface area contributed by atoms with Crippen molar-refractivity contribution in [3.8, 4) is 11.5 Å². The van der Waals surface area contributed by atoms with Gasteiger partial charge in [0.15, 0.2) is 0 Å². The SMILES string of the molecule is O=C(O)Oc1cccc2c1CCCN2Cc1cc(Cl)ccc1OCc1ccc(Cl)cc1F.